The Hall–Kier alpha value is -3.44. The van der Waals surface area contributed by atoms with E-state index in [1.165, 1.54) is 7.11 Å². The minimum atomic E-state index is -0.892. The van der Waals surface area contributed by atoms with Crippen LogP contribution in [-0.4, -0.2) is 31.0 Å². The molecule has 0 fully saturated rings. The largest absolute Gasteiger partial charge is 0.338 e. The second kappa shape index (κ2) is 10.0. The van der Waals surface area contributed by atoms with E-state index in [-0.39, 0.29) is 18.2 Å². The van der Waals surface area contributed by atoms with E-state index >= 15 is 0 Å². The number of nitrogens with one attached hydrogen (secondary N) is 1. The highest BCUT2D eigenvalue weighted by atomic mass is 16.7. The Bertz CT molecular complexity index is 894. The first kappa shape index (κ1) is 22.2. The van der Waals surface area contributed by atoms with Gasteiger partial charge in [0.25, 0.3) is 0 Å². The number of carbonyl (C=O) groups excluding carboxylic acids is 2. The van der Waals surface area contributed by atoms with Gasteiger partial charge >= 0.3 is 0 Å². The first-order valence-electron chi connectivity index (χ1n) is 10.3. The Kier molecular flexibility index (Phi) is 7.21. The predicted octanol–water partition coefficient (Wildman–Crippen LogP) is 4.14. The molecule has 0 spiro atoms. The van der Waals surface area contributed by atoms with E-state index in [0.717, 1.165) is 21.8 Å². The minimum absolute atomic E-state index is 0.0424. The number of nitrogens with zero attached hydrogens (tertiary/aromatic N) is 1. The van der Waals surface area contributed by atoms with Gasteiger partial charge in [0.1, 0.15) is 5.54 Å². The summed E-state index contributed by atoms with van der Waals surface area (Å²) in [5, 5.41) is 4.42. The Morgan fingerprint density at radius 1 is 0.839 bits per heavy atom. The highest BCUT2D eigenvalue weighted by molar-refractivity contribution is 5.86. The number of hydroxylamine groups is 2. The van der Waals surface area contributed by atoms with Crippen LogP contribution in [0.2, 0.25) is 0 Å². The molecule has 3 aromatic rings. The van der Waals surface area contributed by atoms with E-state index < -0.39 is 11.5 Å². The average Bonchev–Trinajstić information content (AvgIpc) is 2.83. The summed E-state index contributed by atoms with van der Waals surface area (Å²) in [6, 6.07) is 29.7. The molecule has 0 saturated heterocycles. The zero-order valence-electron chi connectivity index (χ0n) is 18.1. The Labute approximate surface area is 183 Å². The van der Waals surface area contributed by atoms with Gasteiger partial charge in [-0.2, -0.15) is 0 Å². The van der Waals surface area contributed by atoms with Crippen molar-refractivity contribution in [3.63, 3.8) is 0 Å². The lowest BCUT2D eigenvalue weighted by atomic mass is 9.76. The third-order valence-electron chi connectivity index (χ3n) is 5.44. The van der Waals surface area contributed by atoms with Crippen molar-refractivity contribution in [1.82, 2.24) is 10.4 Å². The Balaban J connectivity index is 2.06. The summed E-state index contributed by atoms with van der Waals surface area (Å²) < 4.78 is 0. The molecule has 2 amide bonds. The maximum absolute atomic E-state index is 13.3. The van der Waals surface area contributed by atoms with Crippen LogP contribution < -0.4 is 5.32 Å². The molecule has 0 saturated carbocycles. The third kappa shape index (κ3) is 4.84. The van der Waals surface area contributed by atoms with Crippen molar-refractivity contribution in [2.45, 2.75) is 18.9 Å². The van der Waals surface area contributed by atoms with Crippen molar-refractivity contribution >= 4 is 11.8 Å². The summed E-state index contributed by atoms with van der Waals surface area (Å²) in [7, 11) is 2.97. The molecule has 0 aliphatic rings. The van der Waals surface area contributed by atoms with Crippen molar-refractivity contribution in [2.24, 2.45) is 5.92 Å². The molecule has 0 aromatic heterocycles. The maximum Gasteiger partial charge on any atom is 0.249 e. The van der Waals surface area contributed by atoms with Gasteiger partial charge in [-0.15, -0.1) is 0 Å². The normalized spacial score (nSPS) is 12.1. The van der Waals surface area contributed by atoms with Crippen LogP contribution in [0.15, 0.2) is 91.0 Å². The van der Waals surface area contributed by atoms with E-state index in [2.05, 4.69) is 5.32 Å². The standard InChI is InChI=1S/C26H28N2O3/c1-20(25(30)28(2)31-3)19-24(29)27-26(21-13-7-4-8-14-21,22-15-9-5-10-16-22)23-17-11-6-12-18-23/h4-18,20H,19H2,1-3H3,(H,27,29)/t20-/m1/s1. The number of hydrogen-bond acceptors (Lipinski definition) is 3. The highest BCUT2D eigenvalue weighted by Crippen LogP contribution is 2.37. The molecule has 5 nitrogen and oxygen atoms in total. The Morgan fingerprint density at radius 2 is 1.23 bits per heavy atom. The first-order chi connectivity index (χ1) is 15.0. The van der Waals surface area contributed by atoms with Crippen molar-refractivity contribution in [3.05, 3.63) is 108 Å². The van der Waals surface area contributed by atoms with Crippen molar-refractivity contribution < 1.29 is 14.4 Å². The van der Waals surface area contributed by atoms with Crippen molar-refractivity contribution in [3.8, 4) is 0 Å². The molecule has 5 heteroatoms. The fraction of sp³-hybridized carbons (Fsp3) is 0.231. The summed E-state index contributed by atoms with van der Waals surface area (Å²) in [6.45, 7) is 1.73. The summed E-state index contributed by atoms with van der Waals surface area (Å²) in [5.41, 5.74) is 1.92. The highest BCUT2D eigenvalue weighted by Gasteiger charge is 2.38. The Morgan fingerprint density at radius 3 is 1.58 bits per heavy atom. The second-order valence-electron chi connectivity index (χ2n) is 7.52. The van der Waals surface area contributed by atoms with Crippen LogP contribution >= 0.6 is 0 Å². The fourth-order valence-corrected chi connectivity index (χ4v) is 3.81. The summed E-state index contributed by atoms with van der Waals surface area (Å²) in [4.78, 5) is 30.7. The van der Waals surface area contributed by atoms with Gasteiger partial charge in [-0.05, 0) is 16.7 Å². The van der Waals surface area contributed by atoms with Crippen LogP contribution in [0.3, 0.4) is 0 Å². The van der Waals surface area contributed by atoms with E-state index in [1.54, 1.807) is 14.0 Å². The molecule has 0 unspecified atom stereocenters. The van der Waals surface area contributed by atoms with Gasteiger partial charge in [-0.1, -0.05) is 97.9 Å². The second-order valence-corrected chi connectivity index (χ2v) is 7.52. The minimum Gasteiger partial charge on any atom is -0.338 e. The lowest BCUT2D eigenvalue weighted by Crippen LogP contribution is -2.48. The maximum atomic E-state index is 13.3. The van der Waals surface area contributed by atoms with Crippen LogP contribution in [0, 0.1) is 5.92 Å². The SMILES string of the molecule is CON(C)C(=O)[C@H](C)CC(=O)NC(c1ccccc1)(c1ccccc1)c1ccccc1. The van der Waals surface area contributed by atoms with Crippen LogP contribution in [0.4, 0.5) is 0 Å². The molecule has 0 aliphatic carbocycles. The van der Waals surface area contributed by atoms with Crippen LogP contribution in [0.5, 0.6) is 0 Å². The van der Waals surface area contributed by atoms with E-state index in [4.69, 9.17) is 4.84 Å². The van der Waals surface area contributed by atoms with Gasteiger partial charge in [0.2, 0.25) is 11.8 Å². The monoisotopic (exact) mass is 416 g/mol. The molecule has 31 heavy (non-hydrogen) atoms. The quantitative estimate of drug-likeness (QED) is 0.444. The molecular weight excluding hydrogens is 388 g/mol. The van der Waals surface area contributed by atoms with Gasteiger partial charge in [-0.3, -0.25) is 14.4 Å². The van der Waals surface area contributed by atoms with Crippen LogP contribution in [0.25, 0.3) is 0 Å². The molecule has 0 heterocycles. The molecule has 0 radical (unpaired) electrons. The predicted molar refractivity (Wildman–Crippen MR) is 121 cm³/mol. The molecule has 3 aromatic carbocycles. The summed E-state index contributed by atoms with van der Waals surface area (Å²) >= 11 is 0. The zero-order valence-corrected chi connectivity index (χ0v) is 18.1. The van der Waals surface area contributed by atoms with Gasteiger partial charge in [0.05, 0.1) is 7.11 Å². The van der Waals surface area contributed by atoms with Gasteiger partial charge in [-0.25, -0.2) is 5.06 Å². The molecule has 1 N–H and O–H groups in total. The van der Waals surface area contributed by atoms with Gasteiger partial charge in [0, 0.05) is 19.4 Å². The number of rotatable bonds is 8. The van der Waals surface area contributed by atoms with Crippen LogP contribution in [0.1, 0.15) is 30.0 Å². The number of carbonyl (C=O) groups is 2. The lowest BCUT2D eigenvalue weighted by molar-refractivity contribution is -0.173. The topological polar surface area (TPSA) is 58.6 Å². The number of benzene rings is 3. The molecule has 160 valence electrons. The smallest absolute Gasteiger partial charge is 0.249 e. The summed E-state index contributed by atoms with van der Waals surface area (Å²) in [6.07, 6.45) is 0.0424. The third-order valence-corrected chi connectivity index (χ3v) is 5.44. The molecule has 0 bridgehead atoms. The average molecular weight is 417 g/mol. The van der Waals surface area contributed by atoms with Crippen LogP contribution in [-0.2, 0) is 20.0 Å². The molecule has 1 atom stereocenters. The fourth-order valence-electron chi connectivity index (χ4n) is 3.81. The first-order valence-corrected chi connectivity index (χ1v) is 10.3. The van der Waals surface area contributed by atoms with Crippen molar-refractivity contribution in [2.75, 3.05) is 14.2 Å². The molecule has 3 rings (SSSR count). The van der Waals surface area contributed by atoms with Gasteiger partial charge < -0.3 is 5.32 Å². The molecule has 0 aliphatic heterocycles. The zero-order chi connectivity index (χ0) is 22.3. The van der Waals surface area contributed by atoms with E-state index in [1.807, 2.05) is 91.0 Å². The molecular formula is C26H28N2O3. The number of amides is 2. The number of hydrogen-bond donors (Lipinski definition) is 1. The van der Waals surface area contributed by atoms with Crippen molar-refractivity contribution in [1.29, 1.82) is 0 Å². The van der Waals surface area contributed by atoms with E-state index in [9.17, 15) is 9.59 Å². The lowest BCUT2D eigenvalue weighted by Gasteiger charge is -2.37. The van der Waals surface area contributed by atoms with E-state index in [0.29, 0.717) is 0 Å². The summed E-state index contributed by atoms with van der Waals surface area (Å²) in [5.74, 6) is -0.991. The van der Waals surface area contributed by atoms with Gasteiger partial charge in [0.15, 0.2) is 0 Å².